The summed E-state index contributed by atoms with van der Waals surface area (Å²) in [5.41, 5.74) is 0.265. The first kappa shape index (κ1) is 23.1. The zero-order valence-electron chi connectivity index (χ0n) is 17.1. The summed E-state index contributed by atoms with van der Waals surface area (Å²) in [6.07, 6.45) is 2.53. The third kappa shape index (κ3) is 4.82. The van der Waals surface area contributed by atoms with Crippen LogP contribution < -0.4 is 15.4 Å². The van der Waals surface area contributed by atoms with E-state index >= 15 is 0 Å². The summed E-state index contributed by atoms with van der Waals surface area (Å²) in [7, 11) is 0. The van der Waals surface area contributed by atoms with Crippen molar-refractivity contribution in [3.05, 3.63) is 63.9 Å². The summed E-state index contributed by atoms with van der Waals surface area (Å²) >= 11 is 17.5. The number of amides is 2. The van der Waals surface area contributed by atoms with Crippen molar-refractivity contribution in [1.82, 2.24) is 10.6 Å². The molecule has 3 aliphatic rings. The van der Waals surface area contributed by atoms with Crippen molar-refractivity contribution >= 4 is 46.6 Å². The molecule has 0 saturated heterocycles. The number of rotatable bonds is 9. The van der Waals surface area contributed by atoms with Crippen LogP contribution in [0.1, 0.15) is 37.2 Å². The molecule has 2 aromatic carbocycles. The van der Waals surface area contributed by atoms with E-state index in [9.17, 15) is 14.0 Å². The van der Waals surface area contributed by atoms with Crippen molar-refractivity contribution in [3.8, 4) is 5.75 Å². The van der Waals surface area contributed by atoms with Gasteiger partial charge in [-0.3, -0.25) is 9.59 Å². The van der Waals surface area contributed by atoms with Gasteiger partial charge in [-0.25, -0.2) is 4.39 Å². The molecule has 3 saturated carbocycles. The third-order valence-corrected chi connectivity index (χ3v) is 6.85. The number of benzene rings is 2. The van der Waals surface area contributed by atoms with Crippen LogP contribution in [-0.2, 0) is 9.59 Å². The summed E-state index contributed by atoms with van der Waals surface area (Å²) in [5.74, 6) is -0.714. The molecule has 2 amide bonds. The molecule has 2 N–H and O–H groups in total. The Kier molecular flexibility index (Phi) is 6.57. The molecule has 32 heavy (non-hydrogen) atoms. The molecular formula is C23H22Cl3FN2O3. The Morgan fingerprint density at radius 3 is 2.31 bits per heavy atom. The maximum atomic E-state index is 13.5. The molecule has 2 bridgehead atoms. The molecule has 1 unspecified atom stereocenters. The quantitative estimate of drug-likeness (QED) is 0.486. The number of hydrogen-bond acceptors (Lipinski definition) is 3. The lowest BCUT2D eigenvalue weighted by atomic mass is 9.44. The standard InChI is InChI=1S/C23H22Cl3FN2O3/c24-8-7-17(14-1-3-15(25)4-2-14)21(31)29-23-11-22(12-23,13-23)28-20(30)10-32-16-5-6-18(26)19(27)9-16/h1-6,9,17H,7-8,10-13H2,(H,28,30)(H,29,31). The van der Waals surface area contributed by atoms with Crippen LogP contribution in [0.15, 0.2) is 42.5 Å². The van der Waals surface area contributed by atoms with Crippen molar-refractivity contribution < 1.29 is 18.7 Å². The van der Waals surface area contributed by atoms with Crippen LogP contribution in [-0.4, -0.2) is 35.4 Å². The van der Waals surface area contributed by atoms with Crippen molar-refractivity contribution in [2.75, 3.05) is 12.5 Å². The van der Waals surface area contributed by atoms with Gasteiger partial charge in [0.15, 0.2) is 6.61 Å². The lowest BCUT2D eigenvalue weighted by Crippen LogP contribution is -2.84. The van der Waals surface area contributed by atoms with Gasteiger partial charge in [0.2, 0.25) is 5.91 Å². The predicted octanol–water partition coefficient (Wildman–Crippen LogP) is 4.83. The molecule has 0 aromatic heterocycles. The average Bonchev–Trinajstić information content (AvgIpc) is 2.71. The van der Waals surface area contributed by atoms with Crippen LogP contribution in [0.25, 0.3) is 0 Å². The van der Waals surface area contributed by atoms with E-state index in [4.69, 9.17) is 39.5 Å². The SMILES string of the molecule is O=C(COc1ccc(Cl)c(F)c1)NC12CC(NC(=O)C(CCCl)c3ccc(Cl)cc3)(C1)C2. The van der Waals surface area contributed by atoms with Gasteiger partial charge in [-0.2, -0.15) is 0 Å². The van der Waals surface area contributed by atoms with Gasteiger partial charge < -0.3 is 15.4 Å². The Balaban J connectivity index is 1.26. The molecule has 5 rings (SSSR count). The molecule has 0 aliphatic heterocycles. The first-order valence-electron chi connectivity index (χ1n) is 10.3. The number of carbonyl (C=O) groups excluding carboxylic acids is 2. The molecule has 3 fully saturated rings. The Bertz CT molecular complexity index is 1010. The number of hydrogen-bond donors (Lipinski definition) is 2. The van der Waals surface area contributed by atoms with E-state index in [0.29, 0.717) is 36.6 Å². The van der Waals surface area contributed by atoms with Gasteiger partial charge in [0, 0.05) is 28.0 Å². The molecule has 170 valence electrons. The second-order valence-corrected chi connectivity index (χ2v) is 9.80. The van der Waals surface area contributed by atoms with Gasteiger partial charge in [0.1, 0.15) is 11.6 Å². The fourth-order valence-electron chi connectivity index (χ4n) is 4.70. The van der Waals surface area contributed by atoms with E-state index in [1.54, 1.807) is 12.1 Å². The van der Waals surface area contributed by atoms with Crippen LogP contribution in [0.2, 0.25) is 10.0 Å². The molecule has 1 atom stereocenters. The smallest absolute Gasteiger partial charge is 0.258 e. The topological polar surface area (TPSA) is 67.4 Å². The van der Waals surface area contributed by atoms with Gasteiger partial charge in [0.05, 0.1) is 10.9 Å². The third-order valence-electron chi connectivity index (χ3n) is 6.07. The summed E-state index contributed by atoms with van der Waals surface area (Å²) in [6.45, 7) is -0.226. The minimum Gasteiger partial charge on any atom is -0.484 e. The van der Waals surface area contributed by atoms with Crippen molar-refractivity contribution in [3.63, 3.8) is 0 Å². The first-order chi connectivity index (χ1) is 15.2. The lowest BCUT2D eigenvalue weighted by molar-refractivity contribution is -0.151. The minimum absolute atomic E-state index is 0.00707. The van der Waals surface area contributed by atoms with Gasteiger partial charge in [-0.15, -0.1) is 11.6 Å². The van der Waals surface area contributed by atoms with Crippen LogP contribution in [0, 0.1) is 5.82 Å². The van der Waals surface area contributed by atoms with Crippen molar-refractivity contribution in [2.45, 2.75) is 42.7 Å². The van der Waals surface area contributed by atoms with Gasteiger partial charge in [0.25, 0.3) is 5.91 Å². The minimum atomic E-state index is -0.604. The zero-order chi connectivity index (χ0) is 22.9. The highest BCUT2D eigenvalue weighted by Crippen LogP contribution is 2.60. The highest BCUT2D eigenvalue weighted by Gasteiger charge is 2.69. The second-order valence-electron chi connectivity index (χ2n) is 8.57. The Labute approximate surface area is 200 Å². The molecule has 2 aromatic rings. The number of ether oxygens (including phenoxy) is 1. The van der Waals surface area contributed by atoms with Crippen LogP contribution in [0.3, 0.4) is 0 Å². The van der Waals surface area contributed by atoms with E-state index in [1.807, 2.05) is 12.1 Å². The number of nitrogens with one attached hydrogen (secondary N) is 2. The van der Waals surface area contributed by atoms with E-state index in [2.05, 4.69) is 10.6 Å². The monoisotopic (exact) mass is 498 g/mol. The van der Waals surface area contributed by atoms with E-state index in [1.165, 1.54) is 12.1 Å². The van der Waals surface area contributed by atoms with Gasteiger partial charge >= 0.3 is 0 Å². The molecule has 5 nitrogen and oxygen atoms in total. The molecule has 0 spiro atoms. The number of carbonyl (C=O) groups is 2. The van der Waals surface area contributed by atoms with E-state index < -0.39 is 5.82 Å². The van der Waals surface area contributed by atoms with E-state index in [0.717, 1.165) is 11.6 Å². The molecule has 0 heterocycles. The predicted molar refractivity (Wildman–Crippen MR) is 122 cm³/mol. The van der Waals surface area contributed by atoms with Gasteiger partial charge in [-0.1, -0.05) is 35.3 Å². The van der Waals surface area contributed by atoms with Crippen LogP contribution in [0.5, 0.6) is 5.75 Å². The highest BCUT2D eigenvalue weighted by atomic mass is 35.5. The molecule has 9 heteroatoms. The summed E-state index contributed by atoms with van der Waals surface area (Å²) in [4.78, 5) is 25.2. The van der Waals surface area contributed by atoms with Crippen molar-refractivity contribution in [2.24, 2.45) is 0 Å². The van der Waals surface area contributed by atoms with Crippen LogP contribution >= 0.6 is 34.8 Å². The number of halogens is 4. The number of alkyl halides is 1. The fourth-order valence-corrected chi connectivity index (χ4v) is 5.16. The van der Waals surface area contributed by atoms with Crippen molar-refractivity contribution in [1.29, 1.82) is 0 Å². The first-order valence-corrected chi connectivity index (χ1v) is 11.5. The fraction of sp³-hybridized carbons (Fsp3) is 0.391. The Hall–Kier alpha value is -2.02. The Morgan fingerprint density at radius 1 is 1.03 bits per heavy atom. The summed E-state index contributed by atoms with van der Waals surface area (Å²) in [5, 5.41) is 6.74. The largest absolute Gasteiger partial charge is 0.484 e. The van der Waals surface area contributed by atoms with E-state index in [-0.39, 0.29) is 46.2 Å². The maximum absolute atomic E-state index is 13.5. The highest BCUT2D eigenvalue weighted by molar-refractivity contribution is 6.31. The van der Waals surface area contributed by atoms with Gasteiger partial charge in [-0.05, 0) is 55.5 Å². The van der Waals surface area contributed by atoms with Crippen LogP contribution in [0.4, 0.5) is 4.39 Å². The summed E-state index contributed by atoms with van der Waals surface area (Å²) < 4.78 is 18.8. The normalized spacial score (nSPS) is 24.0. The zero-order valence-corrected chi connectivity index (χ0v) is 19.4. The lowest BCUT2D eigenvalue weighted by Gasteiger charge is -2.70. The Morgan fingerprint density at radius 2 is 1.69 bits per heavy atom. The molecule has 0 radical (unpaired) electrons. The maximum Gasteiger partial charge on any atom is 0.258 e. The molecule has 3 aliphatic carbocycles. The average molecular weight is 500 g/mol. The summed E-state index contributed by atoms with van der Waals surface area (Å²) in [6, 6.07) is 11.2. The second kappa shape index (κ2) is 9.08. The molecular weight excluding hydrogens is 478 g/mol.